The lowest BCUT2D eigenvalue weighted by Gasteiger charge is -2.31. The van der Waals surface area contributed by atoms with Gasteiger partial charge in [-0.15, -0.1) is 0 Å². The molecule has 4 rings (SSSR count). The van der Waals surface area contributed by atoms with Crippen LogP contribution in [0.3, 0.4) is 0 Å². The van der Waals surface area contributed by atoms with E-state index in [1.54, 1.807) is 0 Å². The third kappa shape index (κ3) is 3.51. The maximum Gasteiger partial charge on any atom is 0.194 e. The van der Waals surface area contributed by atoms with Gasteiger partial charge in [-0.25, -0.2) is 0 Å². The molecule has 3 heterocycles. The van der Waals surface area contributed by atoms with Crippen LogP contribution in [0.5, 0.6) is 0 Å². The van der Waals surface area contributed by atoms with Gasteiger partial charge in [0.25, 0.3) is 0 Å². The van der Waals surface area contributed by atoms with Gasteiger partial charge in [-0.1, -0.05) is 6.92 Å². The molecule has 1 N–H and O–H groups in total. The molecule has 1 unspecified atom stereocenters. The molecule has 0 aliphatic carbocycles. The minimum absolute atomic E-state index is 0.185. The number of H-pyrrole nitrogens is 1. The van der Waals surface area contributed by atoms with Gasteiger partial charge in [-0.05, 0) is 50.4 Å². The molecule has 2 aliphatic rings. The summed E-state index contributed by atoms with van der Waals surface area (Å²) in [6.07, 6.45) is 2.53. The van der Waals surface area contributed by atoms with Crippen molar-refractivity contribution >= 4 is 16.6 Å². The van der Waals surface area contributed by atoms with Crippen molar-refractivity contribution in [2.75, 3.05) is 44.3 Å². The first-order chi connectivity index (χ1) is 12.6. The Morgan fingerprint density at radius 3 is 2.81 bits per heavy atom. The summed E-state index contributed by atoms with van der Waals surface area (Å²) in [6.45, 7) is 10.5. The Kier molecular flexibility index (Phi) is 5.00. The van der Waals surface area contributed by atoms with Crippen LogP contribution in [-0.2, 0) is 11.3 Å². The summed E-state index contributed by atoms with van der Waals surface area (Å²) in [4.78, 5) is 21.4. The van der Waals surface area contributed by atoms with E-state index in [1.807, 2.05) is 13.0 Å². The topological polar surface area (TPSA) is 48.6 Å². The second-order valence-corrected chi connectivity index (χ2v) is 7.87. The standard InChI is InChI=1S/C21H29N3O2/c1-15-4-3-7-23(13-15)14-19-16(2)22-20-6-5-17(12-18(20)21(19)25)24-8-10-26-11-9-24/h5-6,12,15H,3-4,7-11,13-14H2,1-2H3,(H,22,25). The van der Waals surface area contributed by atoms with Crippen LogP contribution in [0.2, 0.25) is 0 Å². The maximum absolute atomic E-state index is 13.2. The number of hydrogen-bond donors (Lipinski definition) is 1. The van der Waals surface area contributed by atoms with Crippen molar-refractivity contribution < 1.29 is 4.74 Å². The van der Waals surface area contributed by atoms with Crippen molar-refractivity contribution in [3.8, 4) is 0 Å². The Morgan fingerprint density at radius 2 is 2.04 bits per heavy atom. The van der Waals surface area contributed by atoms with E-state index in [9.17, 15) is 4.79 Å². The summed E-state index contributed by atoms with van der Waals surface area (Å²) in [5, 5.41) is 0.805. The molecule has 0 radical (unpaired) electrons. The number of fused-ring (bicyclic) bond motifs is 1. The number of likely N-dealkylation sites (tertiary alicyclic amines) is 1. The molecule has 0 bridgehead atoms. The monoisotopic (exact) mass is 355 g/mol. The second-order valence-electron chi connectivity index (χ2n) is 7.87. The molecule has 2 saturated heterocycles. The van der Waals surface area contributed by atoms with Gasteiger partial charge in [0.1, 0.15) is 0 Å². The van der Waals surface area contributed by atoms with Crippen LogP contribution >= 0.6 is 0 Å². The molecule has 0 saturated carbocycles. The van der Waals surface area contributed by atoms with Gasteiger partial charge < -0.3 is 14.6 Å². The molecule has 2 fully saturated rings. The lowest BCUT2D eigenvalue weighted by Crippen LogP contribution is -2.36. The van der Waals surface area contributed by atoms with Gasteiger partial charge in [0.15, 0.2) is 5.43 Å². The highest BCUT2D eigenvalue weighted by Gasteiger charge is 2.20. The van der Waals surface area contributed by atoms with E-state index in [0.29, 0.717) is 0 Å². The summed E-state index contributed by atoms with van der Waals surface area (Å²) in [6, 6.07) is 6.21. The van der Waals surface area contributed by atoms with Crippen molar-refractivity contribution in [2.24, 2.45) is 5.92 Å². The molecule has 5 heteroatoms. The normalized spacial score (nSPS) is 22.1. The third-order valence-corrected chi connectivity index (χ3v) is 5.80. The summed E-state index contributed by atoms with van der Waals surface area (Å²) in [5.74, 6) is 0.719. The average molecular weight is 355 g/mol. The van der Waals surface area contributed by atoms with E-state index in [0.717, 1.165) is 79.7 Å². The third-order valence-electron chi connectivity index (χ3n) is 5.80. The first kappa shape index (κ1) is 17.6. The number of ether oxygens (including phenoxy) is 1. The minimum Gasteiger partial charge on any atom is -0.378 e. The van der Waals surface area contributed by atoms with Crippen LogP contribution in [-0.4, -0.2) is 49.3 Å². The molecular formula is C21H29N3O2. The van der Waals surface area contributed by atoms with E-state index in [4.69, 9.17) is 4.74 Å². The number of rotatable bonds is 3. The van der Waals surface area contributed by atoms with Crippen LogP contribution in [0.4, 0.5) is 5.69 Å². The van der Waals surface area contributed by atoms with Crippen LogP contribution < -0.4 is 10.3 Å². The number of benzene rings is 1. The number of anilines is 1. The first-order valence-electron chi connectivity index (χ1n) is 9.82. The lowest BCUT2D eigenvalue weighted by molar-refractivity contribution is 0.122. The number of aromatic amines is 1. The molecule has 0 spiro atoms. The highest BCUT2D eigenvalue weighted by atomic mass is 16.5. The maximum atomic E-state index is 13.2. The zero-order chi connectivity index (χ0) is 18.1. The summed E-state index contributed by atoms with van der Waals surface area (Å²) < 4.78 is 5.45. The molecule has 2 aliphatic heterocycles. The largest absolute Gasteiger partial charge is 0.378 e. The van der Waals surface area contributed by atoms with Crippen LogP contribution in [0.25, 0.3) is 10.9 Å². The Hall–Kier alpha value is -1.85. The van der Waals surface area contributed by atoms with Crippen molar-refractivity contribution in [1.82, 2.24) is 9.88 Å². The highest BCUT2D eigenvalue weighted by Crippen LogP contribution is 2.23. The quantitative estimate of drug-likeness (QED) is 0.920. The fraction of sp³-hybridized carbons (Fsp3) is 0.571. The zero-order valence-corrected chi connectivity index (χ0v) is 15.9. The number of piperidine rings is 1. The van der Waals surface area contributed by atoms with Gasteiger partial charge in [-0.2, -0.15) is 0 Å². The molecule has 2 aromatic rings. The van der Waals surface area contributed by atoms with E-state index in [1.165, 1.54) is 12.8 Å². The average Bonchev–Trinajstić information content (AvgIpc) is 2.66. The van der Waals surface area contributed by atoms with Crippen LogP contribution in [0.15, 0.2) is 23.0 Å². The summed E-state index contributed by atoms with van der Waals surface area (Å²) >= 11 is 0. The predicted molar refractivity (Wildman–Crippen MR) is 106 cm³/mol. The fourth-order valence-corrected chi connectivity index (χ4v) is 4.30. The van der Waals surface area contributed by atoms with Crippen molar-refractivity contribution in [3.63, 3.8) is 0 Å². The Labute approximate surface area is 154 Å². The van der Waals surface area contributed by atoms with Gasteiger partial charge in [-0.3, -0.25) is 9.69 Å². The number of aromatic nitrogens is 1. The molecule has 0 amide bonds. The predicted octanol–water partition coefficient (Wildman–Crippen LogP) is 2.91. The SMILES string of the molecule is Cc1[nH]c2ccc(N3CCOCC3)cc2c(=O)c1CN1CCCC(C)C1. The van der Waals surface area contributed by atoms with Crippen LogP contribution in [0.1, 0.15) is 31.0 Å². The number of nitrogens with one attached hydrogen (secondary N) is 1. The molecule has 1 aromatic heterocycles. The minimum atomic E-state index is 0.185. The van der Waals surface area contributed by atoms with E-state index < -0.39 is 0 Å². The molecule has 1 atom stereocenters. The molecule has 26 heavy (non-hydrogen) atoms. The van der Waals surface area contributed by atoms with Crippen molar-refractivity contribution in [3.05, 3.63) is 39.7 Å². The zero-order valence-electron chi connectivity index (χ0n) is 15.9. The highest BCUT2D eigenvalue weighted by molar-refractivity contribution is 5.83. The van der Waals surface area contributed by atoms with Gasteiger partial charge >= 0.3 is 0 Å². The Morgan fingerprint density at radius 1 is 1.23 bits per heavy atom. The van der Waals surface area contributed by atoms with Gasteiger partial charge in [0.2, 0.25) is 0 Å². The summed E-state index contributed by atoms with van der Waals surface area (Å²) in [7, 11) is 0. The smallest absolute Gasteiger partial charge is 0.194 e. The fourth-order valence-electron chi connectivity index (χ4n) is 4.30. The van der Waals surface area contributed by atoms with Gasteiger partial charge in [0.05, 0.1) is 13.2 Å². The van der Waals surface area contributed by atoms with Crippen molar-refractivity contribution in [2.45, 2.75) is 33.2 Å². The van der Waals surface area contributed by atoms with E-state index in [2.05, 4.69) is 33.8 Å². The van der Waals surface area contributed by atoms with E-state index in [-0.39, 0.29) is 5.43 Å². The lowest BCUT2D eigenvalue weighted by atomic mass is 9.99. The number of aryl methyl sites for hydroxylation is 1. The number of morpholine rings is 1. The number of pyridine rings is 1. The molecule has 1 aromatic carbocycles. The number of nitrogens with zero attached hydrogens (tertiary/aromatic N) is 2. The first-order valence-corrected chi connectivity index (χ1v) is 9.82. The van der Waals surface area contributed by atoms with Gasteiger partial charge in [0, 0.05) is 54.0 Å². The number of hydrogen-bond acceptors (Lipinski definition) is 4. The molecule has 5 nitrogen and oxygen atoms in total. The molecule has 140 valence electrons. The van der Waals surface area contributed by atoms with Crippen LogP contribution in [0, 0.1) is 12.8 Å². The van der Waals surface area contributed by atoms with Crippen molar-refractivity contribution in [1.29, 1.82) is 0 Å². The second kappa shape index (κ2) is 7.41. The Bertz CT molecular complexity index is 839. The van der Waals surface area contributed by atoms with E-state index >= 15 is 0 Å². The summed E-state index contributed by atoms with van der Waals surface area (Å²) in [5.41, 5.74) is 4.16. The Balaban J connectivity index is 1.67. The molecular weight excluding hydrogens is 326 g/mol.